The van der Waals surface area contributed by atoms with Gasteiger partial charge in [0, 0.05) is 6.20 Å². The van der Waals surface area contributed by atoms with Crippen molar-refractivity contribution < 1.29 is 0 Å². The maximum Gasteiger partial charge on any atom is 0.350 e. The number of nitriles is 1. The van der Waals surface area contributed by atoms with Crippen LogP contribution in [0, 0.1) is 11.3 Å². The highest BCUT2D eigenvalue weighted by molar-refractivity contribution is 5.32. The van der Waals surface area contributed by atoms with E-state index in [1.165, 1.54) is 12.3 Å². The van der Waals surface area contributed by atoms with E-state index in [0.29, 0.717) is 0 Å². The topological polar surface area (TPSA) is 86.8 Å². The normalized spacial score (nSPS) is 9.92. The molecule has 2 heterocycles. The third-order valence-corrected chi connectivity index (χ3v) is 1.43. The predicted octanol–water partition coefficient (Wildman–Crippen LogP) is -0.711. The number of hydrogen-bond donors (Lipinski definition) is 1. The first-order valence-electron chi connectivity index (χ1n) is 3.15. The molecule has 0 radical (unpaired) electrons. The Bertz CT molecular complexity index is 516. The highest BCUT2D eigenvalue weighted by Crippen LogP contribution is 1.94. The zero-order chi connectivity index (χ0) is 8.55. The summed E-state index contributed by atoms with van der Waals surface area (Å²) in [7, 11) is 0. The van der Waals surface area contributed by atoms with E-state index in [2.05, 4.69) is 15.2 Å². The largest absolute Gasteiger partial charge is 0.350 e. The van der Waals surface area contributed by atoms with E-state index in [4.69, 9.17) is 5.26 Å². The van der Waals surface area contributed by atoms with E-state index in [9.17, 15) is 4.79 Å². The van der Waals surface area contributed by atoms with Gasteiger partial charge in [0.2, 0.25) is 0 Å². The van der Waals surface area contributed by atoms with Gasteiger partial charge in [0.1, 0.15) is 11.8 Å². The molecular formula is C6H3N5O. The third kappa shape index (κ3) is 0.703. The molecule has 58 valence electrons. The maximum absolute atomic E-state index is 11.0. The molecule has 0 aliphatic rings. The third-order valence-electron chi connectivity index (χ3n) is 1.43. The molecule has 0 atom stereocenters. The van der Waals surface area contributed by atoms with E-state index in [1.807, 2.05) is 6.07 Å². The summed E-state index contributed by atoms with van der Waals surface area (Å²) in [5.41, 5.74) is -0.228. The Labute approximate surface area is 66.1 Å². The first-order chi connectivity index (χ1) is 5.83. The van der Waals surface area contributed by atoms with Crippen LogP contribution < -0.4 is 5.69 Å². The molecule has 6 heteroatoms. The van der Waals surface area contributed by atoms with Gasteiger partial charge in [-0.25, -0.2) is 19.3 Å². The summed E-state index contributed by atoms with van der Waals surface area (Å²) in [4.78, 5) is 14.8. The molecule has 0 bridgehead atoms. The van der Waals surface area contributed by atoms with Crippen LogP contribution in [0.15, 0.2) is 17.1 Å². The average molecular weight is 161 g/mol. The fourth-order valence-electron chi connectivity index (χ4n) is 0.929. The van der Waals surface area contributed by atoms with Crippen molar-refractivity contribution in [1.29, 1.82) is 5.26 Å². The lowest BCUT2D eigenvalue weighted by Gasteiger charge is -1.89. The number of fused-ring (bicyclic) bond motifs is 1. The molecule has 0 aromatic carbocycles. The highest BCUT2D eigenvalue weighted by Gasteiger charge is 2.03. The lowest BCUT2D eigenvalue weighted by molar-refractivity contribution is 1.01. The van der Waals surface area contributed by atoms with Crippen LogP contribution in [0.1, 0.15) is 5.69 Å². The zero-order valence-corrected chi connectivity index (χ0v) is 5.85. The molecule has 2 rings (SSSR count). The number of H-pyrrole nitrogens is 1. The van der Waals surface area contributed by atoms with Gasteiger partial charge in [0.15, 0.2) is 0 Å². The van der Waals surface area contributed by atoms with Gasteiger partial charge < -0.3 is 0 Å². The molecule has 0 unspecified atom stereocenters. The maximum atomic E-state index is 11.0. The summed E-state index contributed by atoms with van der Waals surface area (Å²) in [5, 5.41) is 14.4. The Morgan fingerprint density at radius 3 is 3.25 bits per heavy atom. The second-order valence-corrected chi connectivity index (χ2v) is 2.11. The number of nitrogens with one attached hydrogen (secondary N) is 1. The van der Waals surface area contributed by atoms with Gasteiger partial charge in [-0.2, -0.15) is 5.26 Å². The molecule has 0 fully saturated rings. The summed E-state index contributed by atoms with van der Waals surface area (Å²) in [6.45, 7) is 0. The zero-order valence-electron chi connectivity index (χ0n) is 5.85. The second kappa shape index (κ2) is 2.17. The predicted molar refractivity (Wildman–Crippen MR) is 38.3 cm³/mol. The van der Waals surface area contributed by atoms with Crippen molar-refractivity contribution in [2.75, 3.05) is 0 Å². The van der Waals surface area contributed by atoms with E-state index in [-0.39, 0.29) is 11.5 Å². The number of hydrogen-bond acceptors (Lipinski definition) is 4. The molecule has 0 aliphatic heterocycles. The summed E-state index contributed by atoms with van der Waals surface area (Å²) in [6.07, 6.45) is 1.42. The number of aromatic amines is 1. The summed E-state index contributed by atoms with van der Waals surface area (Å²) in [6, 6.07) is 3.31. The van der Waals surface area contributed by atoms with Gasteiger partial charge in [-0.05, 0) is 6.07 Å². The van der Waals surface area contributed by atoms with Crippen LogP contribution in [-0.2, 0) is 0 Å². The van der Waals surface area contributed by atoms with Crippen molar-refractivity contribution in [1.82, 2.24) is 19.6 Å². The summed E-state index contributed by atoms with van der Waals surface area (Å²) >= 11 is 0. The molecule has 2 aromatic heterocycles. The first-order valence-corrected chi connectivity index (χ1v) is 3.15. The molecule has 0 saturated carbocycles. The molecule has 12 heavy (non-hydrogen) atoms. The molecule has 6 nitrogen and oxygen atoms in total. The Morgan fingerprint density at radius 2 is 2.50 bits per heavy atom. The van der Waals surface area contributed by atoms with E-state index in [0.717, 1.165) is 4.40 Å². The van der Waals surface area contributed by atoms with Gasteiger partial charge in [0.05, 0.1) is 0 Å². The van der Waals surface area contributed by atoms with Crippen LogP contribution in [0.5, 0.6) is 0 Å². The Hall–Kier alpha value is -2.16. The van der Waals surface area contributed by atoms with Crippen molar-refractivity contribution in [2.45, 2.75) is 0 Å². The highest BCUT2D eigenvalue weighted by atomic mass is 16.1. The Kier molecular flexibility index (Phi) is 1.18. The molecular weight excluding hydrogens is 158 g/mol. The van der Waals surface area contributed by atoms with Crippen LogP contribution in [0.4, 0.5) is 0 Å². The van der Waals surface area contributed by atoms with Crippen molar-refractivity contribution in [3.63, 3.8) is 0 Å². The molecule has 0 spiro atoms. The minimum Gasteiger partial charge on any atom is -0.246 e. The van der Waals surface area contributed by atoms with E-state index < -0.39 is 5.69 Å². The average Bonchev–Trinajstić information content (AvgIpc) is 2.48. The fraction of sp³-hybridized carbons (Fsp3) is 0. The van der Waals surface area contributed by atoms with Gasteiger partial charge in [-0.3, -0.25) is 0 Å². The van der Waals surface area contributed by atoms with Crippen LogP contribution in [0.3, 0.4) is 0 Å². The van der Waals surface area contributed by atoms with Crippen LogP contribution in [0.25, 0.3) is 5.78 Å². The SMILES string of the molecule is N#Cc1ccnc2n[nH]c(=O)n12. The molecule has 1 N–H and O–H groups in total. The van der Waals surface area contributed by atoms with Gasteiger partial charge in [-0.1, -0.05) is 0 Å². The van der Waals surface area contributed by atoms with E-state index in [1.54, 1.807) is 0 Å². The number of aromatic nitrogens is 4. The van der Waals surface area contributed by atoms with Gasteiger partial charge in [-0.15, -0.1) is 5.10 Å². The monoisotopic (exact) mass is 161 g/mol. The Morgan fingerprint density at radius 1 is 1.67 bits per heavy atom. The van der Waals surface area contributed by atoms with E-state index >= 15 is 0 Å². The van der Waals surface area contributed by atoms with Crippen molar-refractivity contribution in [3.8, 4) is 6.07 Å². The summed E-state index contributed by atoms with van der Waals surface area (Å²) < 4.78 is 1.11. The molecule has 0 saturated heterocycles. The molecule has 2 aromatic rings. The lowest BCUT2D eigenvalue weighted by atomic mass is 10.4. The Balaban J connectivity index is 3.06. The van der Waals surface area contributed by atoms with Gasteiger partial charge in [0.25, 0.3) is 5.78 Å². The quantitative estimate of drug-likeness (QED) is 0.552. The van der Waals surface area contributed by atoms with Crippen LogP contribution in [0.2, 0.25) is 0 Å². The summed E-state index contributed by atoms with van der Waals surface area (Å²) in [5.74, 6) is 0.207. The van der Waals surface area contributed by atoms with Crippen LogP contribution >= 0.6 is 0 Å². The standard InChI is InChI=1S/C6H3N5O/c7-3-4-1-2-8-5-9-10-6(12)11(4)5/h1-2H,(H,10,12). The second-order valence-electron chi connectivity index (χ2n) is 2.11. The smallest absolute Gasteiger partial charge is 0.246 e. The lowest BCUT2D eigenvalue weighted by Crippen LogP contribution is -2.12. The number of nitrogens with zero attached hydrogens (tertiary/aromatic N) is 4. The molecule has 0 amide bonds. The van der Waals surface area contributed by atoms with Gasteiger partial charge >= 0.3 is 5.69 Å². The van der Waals surface area contributed by atoms with Crippen LogP contribution in [-0.4, -0.2) is 19.6 Å². The van der Waals surface area contributed by atoms with Crippen molar-refractivity contribution in [3.05, 3.63) is 28.4 Å². The molecule has 0 aliphatic carbocycles. The van der Waals surface area contributed by atoms with Crippen molar-refractivity contribution in [2.24, 2.45) is 0 Å². The van der Waals surface area contributed by atoms with Crippen molar-refractivity contribution >= 4 is 5.78 Å². The first kappa shape index (κ1) is 6.54. The number of rotatable bonds is 0. The minimum atomic E-state index is -0.449. The minimum absolute atomic E-state index is 0.207. The fourth-order valence-corrected chi connectivity index (χ4v) is 0.929.